The van der Waals surface area contributed by atoms with Gasteiger partial charge in [-0.05, 0) is 54.6 Å². The van der Waals surface area contributed by atoms with Gasteiger partial charge in [0.05, 0.1) is 0 Å². The molecule has 2 atom stereocenters. The van der Waals surface area contributed by atoms with E-state index < -0.39 is 0 Å². The Labute approximate surface area is 133 Å². The highest BCUT2D eigenvalue weighted by Crippen LogP contribution is 2.35. The molecule has 0 aromatic heterocycles. The van der Waals surface area contributed by atoms with Crippen LogP contribution in [0.15, 0.2) is 18.2 Å². The van der Waals surface area contributed by atoms with Crippen LogP contribution in [-0.2, 0) is 0 Å². The van der Waals surface area contributed by atoms with Crippen LogP contribution in [0.4, 0.5) is 0 Å². The van der Waals surface area contributed by atoms with Gasteiger partial charge in [0.2, 0.25) is 0 Å². The summed E-state index contributed by atoms with van der Waals surface area (Å²) in [5.41, 5.74) is 4.58. The van der Waals surface area contributed by atoms with E-state index in [9.17, 15) is 0 Å². The monoisotopic (exact) mass is 288 g/mol. The van der Waals surface area contributed by atoms with Crippen molar-refractivity contribution >= 4 is 0 Å². The molecule has 1 aromatic rings. The largest absolute Gasteiger partial charge is 0.0654 e. The third kappa shape index (κ3) is 5.16. The average Bonchev–Trinajstić information content (AvgIpc) is 2.40. The molecule has 120 valence electrons. The molecule has 0 nitrogen and oxygen atoms in total. The molecular formula is C21H36. The minimum absolute atomic E-state index is 0.711. The lowest BCUT2D eigenvalue weighted by Crippen LogP contribution is -2.11. The summed E-state index contributed by atoms with van der Waals surface area (Å²) in [4.78, 5) is 0. The van der Waals surface area contributed by atoms with Gasteiger partial charge in [-0.15, -0.1) is 0 Å². The number of hydrogen-bond donors (Lipinski definition) is 0. The number of hydrogen-bond acceptors (Lipinski definition) is 0. The van der Waals surface area contributed by atoms with E-state index in [1.54, 1.807) is 11.1 Å². The van der Waals surface area contributed by atoms with Gasteiger partial charge in [0.1, 0.15) is 0 Å². The van der Waals surface area contributed by atoms with E-state index in [1.165, 1.54) is 31.2 Å². The van der Waals surface area contributed by atoms with Crippen molar-refractivity contribution in [2.75, 3.05) is 0 Å². The van der Waals surface area contributed by atoms with Gasteiger partial charge in [0, 0.05) is 0 Å². The standard InChI is InChI=1S/C21H36/c1-8-10-20(15(3)4)18-12-17(7)13-19(14-18)21(11-9-2)16(5)6/h12-16,20-21H,8-11H2,1-7H3. The van der Waals surface area contributed by atoms with Crippen molar-refractivity contribution in [3.05, 3.63) is 34.9 Å². The van der Waals surface area contributed by atoms with Gasteiger partial charge in [-0.2, -0.15) is 0 Å². The molecule has 0 heterocycles. The highest BCUT2D eigenvalue weighted by atomic mass is 14.2. The van der Waals surface area contributed by atoms with E-state index in [0.29, 0.717) is 11.8 Å². The highest BCUT2D eigenvalue weighted by Gasteiger charge is 2.20. The topological polar surface area (TPSA) is 0 Å². The maximum Gasteiger partial charge on any atom is -0.0139 e. The molecule has 0 N–H and O–H groups in total. The first-order valence-electron chi connectivity index (χ1n) is 9.02. The second kappa shape index (κ2) is 8.61. The summed E-state index contributed by atoms with van der Waals surface area (Å²) < 4.78 is 0. The molecule has 0 aliphatic heterocycles. The van der Waals surface area contributed by atoms with Crippen LogP contribution >= 0.6 is 0 Å². The average molecular weight is 289 g/mol. The Morgan fingerprint density at radius 1 is 0.714 bits per heavy atom. The summed E-state index contributed by atoms with van der Waals surface area (Å²) >= 11 is 0. The second-order valence-electron chi connectivity index (χ2n) is 7.46. The van der Waals surface area contributed by atoms with E-state index in [1.807, 2.05) is 0 Å². The molecular weight excluding hydrogens is 252 g/mol. The van der Waals surface area contributed by atoms with Crippen LogP contribution in [0.3, 0.4) is 0 Å². The van der Waals surface area contributed by atoms with Crippen molar-refractivity contribution in [3.8, 4) is 0 Å². The van der Waals surface area contributed by atoms with Gasteiger partial charge < -0.3 is 0 Å². The van der Waals surface area contributed by atoms with Crippen LogP contribution in [0.5, 0.6) is 0 Å². The van der Waals surface area contributed by atoms with Crippen molar-refractivity contribution in [3.63, 3.8) is 0 Å². The first kappa shape index (κ1) is 18.3. The fraction of sp³-hybridized carbons (Fsp3) is 0.714. The molecule has 2 unspecified atom stereocenters. The third-order valence-corrected chi connectivity index (χ3v) is 4.79. The van der Waals surface area contributed by atoms with Crippen molar-refractivity contribution in [1.82, 2.24) is 0 Å². The van der Waals surface area contributed by atoms with Crippen LogP contribution in [0.1, 0.15) is 95.8 Å². The molecule has 0 saturated heterocycles. The fourth-order valence-corrected chi connectivity index (χ4v) is 3.66. The SMILES string of the molecule is CCCC(c1cc(C)cc(C(CCC)C(C)C)c1)C(C)C. The van der Waals surface area contributed by atoms with E-state index in [-0.39, 0.29) is 0 Å². The van der Waals surface area contributed by atoms with E-state index in [0.717, 1.165) is 11.8 Å². The van der Waals surface area contributed by atoms with Crippen LogP contribution < -0.4 is 0 Å². The van der Waals surface area contributed by atoms with Gasteiger partial charge >= 0.3 is 0 Å². The van der Waals surface area contributed by atoms with Crippen molar-refractivity contribution in [1.29, 1.82) is 0 Å². The van der Waals surface area contributed by atoms with Gasteiger partial charge in [0.25, 0.3) is 0 Å². The molecule has 0 amide bonds. The Balaban J connectivity index is 3.18. The van der Waals surface area contributed by atoms with E-state index >= 15 is 0 Å². The minimum Gasteiger partial charge on any atom is -0.0654 e. The molecule has 0 aliphatic rings. The molecule has 0 bridgehead atoms. The Hall–Kier alpha value is -0.780. The molecule has 0 aliphatic carbocycles. The summed E-state index contributed by atoms with van der Waals surface area (Å²) in [5, 5.41) is 0. The summed E-state index contributed by atoms with van der Waals surface area (Å²) in [6.07, 6.45) is 5.16. The molecule has 0 radical (unpaired) electrons. The third-order valence-electron chi connectivity index (χ3n) is 4.79. The summed E-state index contributed by atoms with van der Waals surface area (Å²) in [7, 11) is 0. The Kier molecular flexibility index (Phi) is 7.49. The normalized spacial score (nSPS) is 14.7. The summed E-state index contributed by atoms with van der Waals surface area (Å²) in [6.45, 7) is 16.4. The van der Waals surface area contributed by atoms with Gasteiger partial charge in [-0.25, -0.2) is 0 Å². The highest BCUT2D eigenvalue weighted by molar-refractivity contribution is 5.34. The molecule has 1 aromatic carbocycles. The maximum atomic E-state index is 2.52. The number of benzene rings is 1. The maximum absolute atomic E-state index is 2.52. The molecule has 0 fully saturated rings. The van der Waals surface area contributed by atoms with Gasteiger partial charge in [-0.3, -0.25) is 0 Å². The Morgan fingerprint density at radius 2 is 1.10 bits per heavy atom. The van der Waals surface area contributed by atoms with Crippen LogP contribution in [0, 0.1) is 18.8 Å². The Bertz CT molecular complexity index is 378. The zero-order chi connectivity index (χ0) is 16.0. The molecule has 0 saturated carbocycles. The quantitative estimate of drug-likeness (QED) is 0.479. The summed E-state index contributed by atoms with van der Waals surface area (Å²) in [5.74, 6) is 2.87. The van der Waals surface area contributed by atoms with Gasteiger partial charge in [0.15, 0.2) is 0 Å². The number of aryl methyl sites for hydroxylation is 1. The van der Waals surface area contributed by atoms with E-state index in [4.69, 9.17) is 0 Å². The summed E-state index contributed by atoms with van der Waals surface area (Å²) in [6, 6.07) is 7.37. The Morgan fingerprint density at radius 3 is 1.38 bits per heavy atom. The molecule has 0 heteroatoms. The minimum atomic E-state index is 0.711. The zero-order valence-electron chi connectivity index (χ0n) is 15.4. The second-order valence-corrected chi connectivity index (χ2v) is 7.46. The van der Waals surface area contributed by atoms with Crippen LogP contribution in [0.25, 0.3) is 0 Å². The predicted octanol–water partition coefficient (Wildman–Crippen LogP) is 7.07. The number of rotatable bonds is 8. The van der Waals surface area contributed by atoms with Crippen LogP contribution in [0.2, 0.25) is 0 Å². The fourth-order valence-electron chi connectivity index (χ4n) is 3.66. The van der Waals surface area contributed by atoms with Crippen LogP contribution in [-0.4, -0.2) is 0 Å². The lowest BCUT2D eigenvalue weighted by molar-refractivity contribution is 0.452. The molecule has 1 rings (SSSR count). The smallest absolute Gasteiger partial charge is 0.0139 e. The first-order chi connectivity index (χ1) is 9.90. The zero-order valence-corrected chi connectivity index (χ0v) is 15.4. The van der Waals surface area contributed by atoms with Crippen molar-refractivity contribution in [2.24, 2.45) is 11.8 Å². The van der Waals surface area contributed by atoms with Gasteiger partial charge in [-0.1, -0.05) is 78.1 Å². The lowest BCUT2D eigenvalue weighted by Gasteiger charge is -2.26. The van der Waals surface area contributed by atoms with Crippen molar-refractivity contribution < 1.29 is 0 Å². The lowest BCUT2D eigenvalue weighted by atomic mass is 9.79. The van der Waals surface area contributed by atoms with Crippen molar-refractivity contribution in [2.45, 2.75) is 86.0 Å². The molecule has 21 heavy (non-hydrogen) atoms. The van der Waals surface area contributed by atoms with E-state index in [2.05, 4.69) is 66.7 Å². The predicted molar refractivity (Wildman–Crippen MR) is 96.2 cm³/mol. The first-order valence-corrected chi connectivity index (χ1v) is 9.02. The molecule has 0 spiro atoms.